The molecule has 1 unspecified atom stereocenters. The minimum Gasteiger partial charge on any atom is -0.508 e. The molecule has 2 N–H and O–H groups in total. The van der Waals surface area contributed by atoms with Gasteiger partial charge in [0.25, 0.3) is 0 Å². The Kier molecular flexibility index (Phi) is 3.76. The minimum atomic E-state index is -1.26. The van der Waals surface area contributed by atoms with Gasteiger partial charge in [-0.2, -0.15) is 0 Å². The van der Waals surface area contributed by atoms with Gasteiger partial charge >= 0.3 is 5.97 Å². The summed E-state index contributed by atoms with van der Waals surface area (Å²) < 4.78 is 11.7. The number of hydrogen-bond acceptors (Lipinski definition) is 5. The Balaban J connectivity index is 1.95. The molecule has 0 fully saturated rings. The fourth-order valence-corrected chi connectivity index (χ4v) is 4.72. The highest BCUT2D eigenvalue weighted by Crippen LogP contribution is 2.59. The topological polar surface area (TPSA) is 76.0 Å². The van der Waals surface area contributed by atoms with E-state index in [0.29, 0.717) is 39.3 Å². The van der Waals surface area contributed by atoms with E-state index in [4.69, 9.17) is 9.47 Å². The lowest BCUT2D eigenvalue weighted by Crippen LogP contribution is -2.34. The Labute approximate surface area is 176 Å². The second-order valence-corrected chi connectivity index (χ2v) is 9.67. The molecule has 5 nitrogen and oxygen atoms in total. The van der Waals surface area contributed by atoms with Gasteiger partial charge in [-0.05, 0) is 29.8 Å². The van der Waals surface area contributed by atoms with Crippen molar-refractivity contribution in [2.75, 3.05) is 0 Å². The fourth-order valence-electron chi connectivity index (χ4n) is 3.99. The van der Waals surface area contributed by atoms with Crippen LogP contribution in [0.2, 0.25) is 0 Å². The summed E-state index contributed by atoms with van der Waals surface area (Å²) in [6.45, 7) is 0. The Morgan fingerprint density at radius 2 is 1.64 bits per heavy atom. The van der Waals surface area contributed by atoms with E-state index < -0.39 is 11.6 Å². The molecule has 3 aromatic rings. The summed E-state index contributed by atoms with van der Waals surface area (Å²) in [7, 11) is 0. The number of benzene rings is 3. The zero-order valence-corrected chi connectivity index (χ0v) is 17.3. The van der Waals surface area contributed by atoms with E-state index in [1.807, 2.05) is 12.1 Å². The Bertz CT molecular complexity index is 1160. The molecule has 7 heteroatoms. The summed E-state index contributed by atoms with van der Waals surface area (Å²) in [5, 5.41) is 20.2. The van der Waals surface area contributed by atoms with Gasteiger partial charge in [0.1, 0.15) is 23.0 Å². The number of hydrogen-bond donors (Lipinski definition) is 2. The van der Waals surface area contributed by atoms with Gasteiger partial charge in [0, 0.05) is 23.3 Å². The number of carbonyl (C=O) groups is 1. The molecule has 0 aromatic heterocycles. The first-order valence-electron chi connectivity index (χ1n) is 8.41. The van der Waals surface area contributed by atoms with E-state index in [1.165, 1.54) is 18.2 Å². The third-order valence-electron chi connectivity index (χ3n) is 5.04. The van der Waals surface area contributed by atoms with Gasteiger partial charge in [0.05, 0.1) is 14.9 Å². The molecular formula is C21H12Br2O5. The van der Waals surface area contributed by atoms with Gasteiger partial charge in [0.15, 0.2) is 5.60 Å². The molecule has 5 rings (SSSR count). The molecule has 0 bridgehead atoms. The van der Waals surface area contributed by atoms with E-state index >= 15 is 0 Å². The monoisotopic (exact) mass is 502 g/mol. The van der Waals surface area contributed by atoms with Gasteiger partial charge in [-0.1, -0.05) is 50.1 Å². The van der Waals surface area contributed by atoms with E-state index in [0.717, 1.165) is 0 Å². The minimum absolute atomic E-state index is 0.00834. The average molecular weight is 504 g/mol. The fraction of sp³-hybridized carbons (Fsp3) is 0.0952. The molecule has 2 heterocycles. The lowest BCUT2D eigenvalue weighted by molar-refractivity contribution is 0.0222. The largest absolute Gasteiger partial charge is 0.508 e. The number of esters is 1. The first-order chi connectivity index (χ1) is 13.4. The van der Waals surface area contributed by atoms with Gasteiger partial charge in [-0.15, -0.1) is 0 Å². The molecule has 28 heavy (non-hydrogen) atoms. The van der Waals surface area contributed by atoms with Gasteiger partial charge in [-0.25, -0.2) is 4.79 Å². The van der Waals surface area contributed by atoms with Crippen LogP contribution in [0.3, 0.4) is 0 Å². The van der Waals surface area contributed by atoms with Crippen LogP contribution >= 0.6 is 31.9 Å². The highest BCUT2D eigenvalue weighted by Gasteiger charge is 2.55. The summed E-state index contributed by atoms with van der Waals surface area (Å²) in [4.78, 5) is 12.8. The standard InChI is InChI=1S/C21H12Br2O5/c22-19(23)13-7-11(25)9-17-18(13)21(15-6-5-10(24)8-16(15)27-17)14-4-2-1-3-12(14)20(26)28-21/h1-9,19,24-25H. The molecule has 1 atom stereocenters. The maximum atomic E-state index is 12.8. The zero-order valence-electron chi connectivity index (χ0n) is 14.1. The second kappa shape index (κ2) is 5.99. The van der Waals surface area contributed by atoms with E-state index in [1.54, 1.807) is 24.3 Å². The van der Waals surface area contributed by atoms with Crippen molar-refractivity contribution >= 4 is 37.8 Å². The maximum absolute atomic E-state index is 12.8. The molecule has 2 aliphatic heterocycles. The van der Waals surface area contributed by atoms with Crippen LogP contribution in [-0.2, 0) is 10.3 Å². The van der Waals surface area contributed by atoms with Crippen LogP contribution < -0.4 is 4.74 Å². The number of aromatic hydroxyl groups is 2. The summed E-state index contributed by atoms with van der Waals surface area (Å²) in [6.07, 6.45) is 0. The van der Waals surface area contributed by atoms with Crippen molar-refractivity contribution in [3.05, 3.63) is 82.4 Å². The normalized spacial score (nSPS) is 19.0. The average Bonchev–Trinajstić information content (AvgIpc) is 2.94. The van der Waals surface area contributed by atoms with Crippen molar-refractivity contribution in [2.45, 2.75) is 9.34 Å². The van der Waals surface area contributed by atoms with Crippen LogP contribution in [-0.4, -0.2) is 16.2 Å². The van der Waals surface area contributed by atoms with Crippen molar-refractivity contribution in [3.8, 4) is 23.0 Å². The molecule has 140 valence electrons. The third kappa shape index (κ3) is 2.26. The molecule has 0 saturated heterocycles. The molecule has 0 saturated carbocycles. The Morgan fingerprint density at radius 1 is 0.893 bits per heavy atom. The maximum Gasteiger partial charge on any atom is 0.340 e. The molecule has 0 radical (unpaired) electrons. The van der Waals surface area contributed by atoms with E-state index in [-0.39, 0.29) is 15.2 Å². The second-order valence-electron chi connectivity index (χ2n) is 6.61. The van der Waals surface area contributed by atoms with Gasteiger partial charge in [0.2, 0.25) is 0 Å². The number of phenols is 2. The van der Waals surface area contributed by atoms with Gasteiger partial charge in [-0.3, -0.25) is 0 Å². The van der Waals surface area contributed by atoms with Crippen LogP contribution in [0.4, 0.5) is 0 Å². The summed E-state index contributed by atoms with van der Waals surface area (Å²) >= 11 is 7.00. The molecule has 1 spiro atoms. The van der Waals surface area contributed by atoms with Crippen molar-refractivity contribution in [2.24, 2.45) is 0 Å². The first kappa shape index (κ1) is 17.6. The lowest BCUT2D eigenvalue weighted by Gasteiger charge is -2.38. The molecule has 0 aliphatic carbocycles. The van der Waals surface area contributed by atoms with Crippen LogP contribution in [0, 0.1) is 0 Å². The van der Waals surface area contributed by atoms with Crippen LogP contribution in [0.15, 0.2) is 54.6 Å². The molecular weight excluding hydrogens is 492 g/mol. The summed E-state index contributed by atoms with van der Waals surface area (Å²) in [5.41, 5.74) is 1.77. The molecule has 3 aromatic carbocycles. The van der Waals surface area contributed by atoms with Crippen LogP contribution in [0.5, 0.6) is 23.0 Å². The highest BCUT2D eigenvalue weighted by atomic mass is 79.9. The van der Waals surface area contributed by atoms with Crippen LogP contribution in [0.1, 0.15) is 36.3 Å². The summed E-state index contributed by atoms with van der Waals surface area (Å²) in [6, 6.07) is 15.0. The third-order valence-corrected chi connectivity index (χ3v) is 6.03. The predicted octanol–water partition coefficient (Wildman–Crippen LogP) is 5.45. The van der Waals surface area contributed by atoms with Crippen molar-refractivity contribution in [3.63, 3.8) is 0 Å². The smallest absolute Gasteiger partial charge is 0.340 e. The highest BCUT2D eigenvalue weighted by molar-refractivity contribution is 9.24. The number of carbonyl (C=O) groups excluding carboxylic acids is 1. The summed E-state index contributed by atoms with van der Waals surface area (Å²) in [5.74, 6) is 0.293. The number of ether oxygens (including phenoxy) is 2. The lowest BCUT2D eigenvalue weighted by atomic mass is 9.76. The van der Waals surface area contributed by atoms with Crippen molar-refractivity contribution < 1.29 is 24.5 Å². The van der Waals surface area contributed by atoms with E-state index in [2.05, 4.69) is 31.9 Å². The number of rotatable bonds is 1. The van der Waals surface area contributed by atoms with Gasteiger partial charge < -0.3 is 19.7 Å². The number of fused-ring (bicyclic) bond motifs is 6. The zero-order chi connectivity index (χ0) is 19.6. The SMILES string of the molecule is O=C1OC2(c3ccc(O)cc3Oc3cc(O)cc(C(Br)Br)c32)c2ccccc21. The van der Waals surface area contributed by atoms with Crippen molar-refractivity contribution in [1.29, 1.82) is 0 Å². The molecule has 2 aliphatic rings. The predicted molar refractivity (Wildman–Crippen MR) is 109 cm³/mol. The number of halogens is 2. The van der Waals surface area contributed by atoms with Crippen LogP contribution in [0.25, 0.3) is 0 Å². The Morgan fingerprint density at radius 3 is 2.43 bits per heavy atom. The number of phenolic OH excluding ortho intramolecular Hbond substituents is 2. The quantitative estimate of drug-likeness (QED) is 0.341. The Hall–Kier alpha value is -2.51. The van der Waals surface area contributed by atoms with E-state index in [9.17, 15) is 15.0 Å². The molecule has 0 amide bonds. The van der Waals surface area contributed by atoms with Crippen molar-refractivity contribution in [1.82, 2.24) is 0 Å². The first-order valence-corrected chi connectivity index (χ1v) is 10.2. The number of alkyl halides is 2.